The average Bonchev–Trinajstić information content (AvgIpc) is 3.13. The molecule has 1 N–H and O–H groups in total. The van der Waals surface area contributed by atoms with Crippen LogP contribution in [-0.4, -0.2) is 33.9 Å². The van der Waals surface area contributed by atoms with Crippen molar-refractivity contribution in [2.75, 3.05) is 13.7 Å². The predicted octanol–water partition coefficient (Wildman–Crippen LogP) is 2.70. The molecule has 1 heterocycles. The van der Waals surface area contributed by atoms with Gasteiger partial charge >= 0.3 is 0 Å². The Morgan fingerprint density at radius 2 is 1.71 bits per heavy atom. The first-order valence-electron chi connectivity index (χ1n) is 7.94. The SMILES string of the molecule is CO[C@H](CN[C@@H](C)c1nnnn1-c1ccccc1)c1ccccc1. The van der Waals surface area contributed by atoms with Crippen LogP contribution in [0.3, 0.4) is 0 Å². The van der Waals surface area contributed by atoms with E-state index in [9.17, 15) is 0 Å². The quantitative estimate of drug-likeness (QED) is 0.724. The van der Waals surface area contributed by atoms with Crippen molar-refractivity contribution in [2.45, 2.75) is 19.1 Å². The summed E-state index contributed by atoms with van der Waals surface area (Å²) in [6.07, 6.45) is -0.0188. The fourth-order valence-electron chi connectivity index (χ4n) is 2.60. The lowest BCUT2D eigenvalue weighted by atomic mass is 10.1. The number of benzene rings is 2. The highest BCUT2D eigenvalue weighted by Crippen LogP contribution is 2.18. The Morgan fingerprint density at radius 3 is 2.38 bits per heavy atom. The Bertz CT molecular complexity index is 744. The van der Waals surface area contributed by atoms with Crippen molar-refractivity contribution in [1.29, 1.82) is 0 Å². The van der Waals surface area contributed by atoms with Gasteiger partial charge in [-0.3, -0.25) is 0 Å². The minimum atomic E-state index is -0.0188. The molecule has 0 unspecified atom stereocenters. The summed E-state index contributed by atoms with van der Waals surface area (Å²) < 4.78 is 7.35. The number of para-hydroxylation sites is 1. The Hall–Kier alpha value is -2.57. The van der Waals surface area contributed by atoms with Gasteiger partial charge in [0, 0.05) is 13.7 Å². The summed E-state index contributed by atoms with van der Waals surface area (Å²) in [6, 6.07) is 20.0. The second-order valence-corrected chi connectivity index (χ2v) is 5.55. The number of ether oxygens (including phenoxy) is 1. The van der Waals surface area contributed by atoms with E-state index in [1.165, 1.54) is 0 Å². The molecule has 0 aliphatic heterocycles. The smallest absolute Gasteiger partial charge is 0.173 e. The fraction of sp³-hybridized carbons (Fsp3) is 0.278. The van der Waals surface area contributed by atoms with Crippen molar-refractivity contribution in [3.8, 4) is 5.69 Å². The molecule has 0 spiro atoms. The third-order valence-corrected chi connectivity index (χ3v) is 3.95. The van der Waals surface area contributed by atoms with Crippen molar-refractivity contribution < 1.29 is 4.74 Å². The van der Waals surface area contributed by atoms with Crippen molar-refractivity contribution >= 4 is 0 Å². The molecule has 0 amide bonds. The first-order chi connectivity index (χ1) is 11.8. The van der Waals surface area contributed by atoms with Crippen LogP contribution in [-0.2, 0) is 4.74 Å². The zero-order chi connectivity index (χ0) is 16.8. The Morgan fingerprint density at radius 1 is 1.04 bits per heavy atom. The zero-order valence-corrected chi connectivity index (χ0v) is 13.8. The van der Waals surface area contributed by atoms with E-state index < -0.39 is 0 Å². The molecule has 2 atom stereocenters. The van der Waals surface area contributed by atoms with Gasteiger partial charge in [-0.2, -0.15) is 4.68 Å². The van der Waals surface area contributed by atoms with E-state index in [4.69, 9.17) is 4.74 Å². The van der Waals surface area contributed by atoms with Crippen molar-refractivity contribution in [3.63, 3.8) is 0 Å². The van der Waals surface area contributed by atoms with Gasteiger partial charge in [0.2, 0.25) is 0 Å². The van der Waals surface area contributed by atoms with Gasteiger partial charge in [0.15, 0.2) is 5.82 Å². The first kappa shape index (κ1) is 16.3. The molecule has 0 aliphatic rings. The molecule has 6 nitrogen and oxygen atoms in total. The molecule has 3 rings (SSSR count). The minimum Gasteiger partial charge on any atom is -0.375 e. The van der Waals surface area contributed by atoms with E-state index in [2.05, 4.69) is 33.0 Å². The first-order valence-corrected chi connectivity index (χ1v) is 7.94. The molecule has 124 valence electrons. The Kier molecular flexibility index (Phi) is 5.30. The monoisotopic (exact) mass is 323 g/mol. The fourth-order valence-corrected chi connectivity index (χ4v) is 2.60. The van der Waals surface area contributed by atoms with Crippen LogP contribution >= 0.6 is 0 Å². The Balaban J connectivity index is 1.70. The molecule has 0 radical (unpaired) electrons. The van der Waals surface area contributed by atoms with Gasteiger partial charge in [-0.1, -0.05) is 48.5 Å². The third kappa shape index (κ3) is 3.67. The van der Waals surface area contributed by atoms with Gasteiger partial charge in [-0.05, 0) is 35.0 Å². The molecule has 0 aliphatic carbocycles. The summed E-state index contributed by atoms with van der Waals surface area (Å²) in [5.74, 6) is 0.768. The number of nitrogens with zero attached hydrogens (tertiary/aromatic N) is 4. The van der Waals surface area contributed by atoms with E-state index in [-0.39, 0.29) is 12.1 Å². The topological polar surface area (TPSA) is 64.9 Å². The lowest BCUT2D eigenvalue weighted by Gasteiger charge is -2.19. The van der Waals surface area contributed by atoms with Gasteiger partial charge in [0.05, 0.1) is 17.8 Å². The lowest BCUT2D eigenvalue weighted by Crippen LogP contribution is -2.27. The molecule has 0 fully saturated rings. The number of hydrogen-bond donors (Lipinski definition) is 1. The molecule has 0 saturated carbocycles. The maximum atomic E-state index is 5.60. The van der Waals surface area contributed by atoms with Gasteiger partial charge in [0.25, 0.3) is 0 Å². The van der Waals surface area contributed by atoms with Gasteiger partial charge in [-0.25, -0.2) is 0 Å². The van der Waals surface area contributed by atoms with Crippen LogP contribution in [0.2, 0.25) is 0 Å². The molecule has 0 saturated heterocycles. The summed E-state index contributed by atoms with van der Waals surface area (Å²) in [6.45, 7) is 2.71. The number of hydrogen-bond acceptors (Lipinski definition) is 5. The van der Waals surface area contributed by atoms with E-state index in [0.717, 1.165) is 17.1 Å². The summed E-state index contributed by atoms with van der Waals surface area (Å²) in [4.78, 5) is 0. The normalized spacial score (nSPS) is 13.6. The zero-order valence-electron chi connectivity index (χ0n) is 13.8. The van der Waals surface area contributed by atoms with Crippen LogP contribution in [0.4, 0.5) is 0 Å². The van der Waals surface area contributed by atoms with Crippen LogP contribution < -0.4 is 5.32 Å². The molecular weight excluding hydrogens is 302 g/mol. The van der Waals surface area contributed by atoms with Crippen LogP contribution in [0, 0.1) is 0 Å². The number of rotatable bonds is 7. The highest BCUT2D eigenvalue weighted by atomic mass is 16.5. The van der Waals surface area contributed by atoms with Gasteiger partial charge in [0.1, 0.15) is 0 Å². The summed E-state index contributed by atoms with van der Waals surface area (Å²) >= 11 is 0. The summed E-state index contributed by atoms with van der Waals surface area (Å²) in [7, 11) is 1.72. The third-order valence-electron chi connectivity index (χ3n) is 3.95. The number of aromatic nitrogens is 4. The van der Waals surface area contributed by atoms with Gasteiger partial charge in [-0.15, -0.1) is 5.10 Å². The second-order valence-electron chi connectivity index (χ2n) is 5.55. The number of tetrazole rings is 1. The van der Waals surface area contributed by atoms with Crippen LogP contribution in [0.25, 0.3) is 5.69 Å². The van der Waals surface area contributed by atoms with E-state index >= 15 is 0 Å². The average molecular weight is 323 g/mol. The molecular formula is C18H21N5O. The largest absolute Gasteiger partial charge is 0.375 e. The van der Waals surface area contributed by atoms with Gasteiger partial charge < -0.3 is 10.1 Å². The highest BCUT2D eigenvalue weighted by molar-refractivity contribution is 5.30. The molecule has 2 aromatic carbocycles. The highest BCUT2D eigenvalue weighted by Gasteiger charge is 2.18. The molecule has 1 aromatic heterocycles. The maximum absolute atomic E-state index is 5.60. The Labute approximate surface area is 141 Å². The van der Waals surface area contributed by atoms with E-state index in [1.807, 2.05) is 55.5 Å². The summed E-state index contributed by atoms with van der Waals surface area (Å²) in [5, 5.41) is 15.5. The minimum absolute atomic E-state index is 0.0124. The van der Waals surface area contributed by atoms with Crippen LogP contribution in [0.15, 0.2) is 60.7 Å². The standard InChI is InChI=1S/C18H21N5O/c1-14(19-13-17(24-2)15-9-5-3-6-10-15)18-20-21-22-23(18)16-11-7-4-8-12-16/h3-12,14,17,19H,13H2,1-2H3/t14-,17+/m0/s1. The van der Waals surface area contributed by atoms with Crippen molar-refractivity contribution in [2.24, 2.45) is 0 Å². The molecule has 0 bridgehead atoms. The number of methoxy groups -OCH3 is 1. The van der Waals surface area contributed by atoms with E-state index in [1.54, 1.807) is 11.8 Å². The van der Waals surface area contributed by atoms with Crippen LogP contribution in [0.5, 0.6) is 0 Å². The molecule has 3 aromatic rings. The summed E-state index contributed by atoms with van der Waals surface area (Å²) in [5.41, 5.74) is 2.08. The van der Waals surface area contributed by atoms with Crippen molar-refractivity contribution in [3.05, 3.63) is 72.1 Å². The number of nitrogens with one attached hydrogen (secondary N) is 1. The lowest BCUT2D eigenvalue weighted by molar-refractivity contribution is 0.0995. The second kappa shape index (κ2) is 7.81. The van der Waals surface area contributed by atoms with Crippen LogP contribution in [0.1, 0.15) is 30.5 Å². The predicted molar refractivity (Wildman–Crippen MR) is 91.8 cm³/mol. The molecule has 24 heavy (non-hydrogen) atoms. The van der Waals surface area contributed by atoms with E-state index in [0.29, 0.717) is 6.54 Å². The maximum Gasteiger partial charge on any atom is 0.173 e. The molecule has 6 heteroatoms. The van der Waals surface area contributed by atoms with Crippen molar-refractivity contribution in [1.82, 2.24) is 25.5 Å².